The fraction of sp³-hybridized carbons (Fsp3) is 0.174. The molecule has 0 unspecified atom stereocenters. The van der Waals surface area contributed by atoms with E-state index < -0.39 is 5.91 Å². The number of primary amides is 1. The predicted molar refractivity (Wildman–Crippen MR) is 122 cm³/mol. The van der Waals surface area contributed by atoms with Crippen molar-refractivity contribution in [2.45, 2.75) is 13.0 Å². The standard InChI is InChI=1S/C23H21Cl2N3O3/c1-13(12-31-2)28-23(30)16-8-7-15(22(26)29)20(21(16)25)14-6-9-18(24)17(11-14)19-5-3-4-10-27-19/h3-11,13H,12H2,1-2H3,(H2,26,29)(H,28,30)/t13-/m0/s1. The van der Waals surface area contributed by atoms with Crippen molar-refractivity contribution >= 4 is 35.0 Å². The number of aromatic nitrogens is 1. The molecule has 160 valence electrons. The molecular formula is C23H21Cl2N3O3. The smallest absolute Gasteiger partial charge is 0.253 e. The SMILES string of the molecule is COC[C@H](C)NC(=O)c1ccc(C(N)=O)c(-c2ccc(Cl)c(-c3ccccn3)c2)c1Cl. The van der Waals surface area contributed by atoms with Gasteiger partial charge in [-0.15, -0.1) is 0 Å². The van der Waals surface area contributed by atoms with E-state index in [0.29, 0.717) is 34.0 Å². The van der Waals surface area contributed by atoms with Gasteiger partial charge in [0, 0.05) is 41.1 Å². The van der Waals surface area contributed by atoms with Gasteiger partial charge in [-0.2, -0.15) is 0 Å². The number of halogens is 2. The quantitative estimate of drug-likeness (QED) is 0.542. The Bertz CT molecular complexity index is 1120. The number of pyridine rings is 1. The van der Waals surface area contributed by atoms with E-state index in [4.69, 9.17) is 33.7 Å². The minimum absolute atomic E-state index is 0.118. The lowest BCUT2D eigenvalue weighted by Crippen LogP contribution is -2.35. The minimum atomic E-state index is -0.661. The molecule has 0 radical (unpaired) electrons. The second kappa shape index (κ2) is 9.92. The summed E-state index contributed by atoms with van der Waals surface area (Å²) in [4.78, 5) is 29.2. The number of nitrogens with two attached hydrogens (primary N) is 1. The maximum Gasteiger partial charge on any atom is 0.253 e. The van der Waals surface area contributed by atoms with Crippen LogP contribution in [-0.2, 0) is 4.74 Å². The zero-order chi connectivity index (χ0) is 22.5. The molecule has 0 saturated heterocycles. The Morgan fingerprint density at radius 3 is 2.52 bits per heavy atom. The molecule has 1 heterocycles. The van der Waals surface area contributed by atoms with Crippen molar-refractivity contribution in [3.63, 3.8) is 0 Å². The van der Waals surface area contributed by atoms with Crippen LogP contribution in [0.2, 0.25) is 10.0 Å². The molecule has 3 N–H and O–H groups in total. The Labute approximate surface area is 190 Å². The number of nitrogens with zero attached hydrogens (tertiary/aromatic N) is 1. The number of methoxy groups -OCH3 is 1. The van der Waals surface area contributed by atoms with Crippen LogP contribution in [0, 0.1) is 0 Å². The number of hydrogen-bond acceptors (Lipinski definition) is 4. The second-order valence-electron chi connectivity index (χ2n) is 6.95. The van der Waals surface area contributed by atoms with Crippen molar-refractivity contribution in [1.29, 1.82) is 0 Å². The van der Waals surface area contributed by atoms with Crippen molar-refractivity contribution in [1.82, 2.24) is 10.3 Å². The molecule has 0 saturated carbocycles. The van der Waals surface area contributed by atoms with E-state index in [1.807, 2.05) is 19.1 Å². The highest BCUT2D eigenvalue weighted by molar-refractivity contribution is 6.37. The number of ether oxygens (including phenoxy) is 1. The van der Waals surface area contributed by atoms with Crippen LogP contribution in [0.1, 0.15) is 27.6 Å². The third-order valence-corrected chi connectivity index (χ3v) is 5.36. The number of hydrogen-bond donors (Lipinski definition) is 2. The summed E-state index contributed by atoms with van der Waals surface area (Å²) >= 11 is 13.0. The van der Waals surface area contributed by atoms with Crippen molar-refractivity contribution in [3.05, 3.63) is 75.9 Å². The lowest BCUT2D eigenvalue weighted by Gasteiger charge is -2.17. The highest BCUT2D eigenvalue weighted by Crippen LogP contribution is 2.38. The minimum Gasteiger partial charge on any atom is -0.383 e. The van der Waals surface area contributed by atoms with E-state index in [-0.39, 0.29) is 28.1 Å². The first-order valence-electron chi connectivity index (χ1n) is 9.47. The van der Waals surface area contributed by atoms with Crippen molar-refractivity contribution < 1.29 is 14.3 Å². The van der Waals surface area contributed by atoms with E-state index in [1.165, 1.54) is 12.1 Å². The molecule has 0 aliphatic rings. The molecule has 3 aromatic rings. The second-order valence-corrected chi connectivity index (χ2v) is 7.74. The Balaban J connectivity index is 2.14. The fourth-order valence-corrected chi connectivity index (χ4v) is 3.81. The van der Waals surface area contributed by atoms with Crippen molar-refractivity contribution in [3.8, 4) is 22.4 Å². The van der Waals surface area contributed by atoms with Gasteiger partial charge in [-0.25, -0.2) is 0 Å². The zero-order valence-corrected chi connectivity index (χ0v) is 18.5. The molecule has 1 atom stereocenters. The lowest BCUT2D eigenvalue weighted by molar-refractivity contribution is 0.0904. The maximum atomic E-state index is 12.8. The Morgan fingerprint density at radius 1 is 1.13 bits per heavy atom. The van der Waals surface area contributed by atoms with Gasteiger partial charge in [0.05, 0.1) is 22.9 Å². The first-order valence-corrected chi connectivity index (χ1v) is 10.2. The van der Waals surface area contributed by atoms with Crippen LogP contribution in [0.4, 0.5) is 0 Å². The molecule has 31 heavy (non-hydrogen) atoms. The molecule has 2 amide bonds. The Hall–Kier alpha value is -2.93. The lowest BCUT2D eigenvalue weighted by atomic mass is 9.94. The third kappa shape index (κ3) is 5.05. The normalized spacial score (nSPS) is 11.7. The summed E-state index contributed by atoms with van der Waals surface area (Å²) in [6, 6.07) is 13.4. The summed E-state index contributed by atoms with van der Waals surface area (Å²) < 4.78 is 5.05. The van der Waals surface area contributed by atoms with Crippen LogP contribution in [0.25, 0.3) is 22.4 Å². The van der Waals surface area contributed by atoms with Gasteiger partial charge in [0.15, 0.2) is 0 Å². The average molecular weight is 458 g/mol. The summed E-state index contributed by atoms with van der Waals surface area (Å²) in [5, 5.41) is 3.42. The first-order chi connectivity index (χ1) is 14.8. The summed E-state index contributed by atoms with van der Waals surface area (Å²) in [5.41, 5.74) is 8.28. The van der Waals surface area contributed by atoms with Gasteiger partial charge in [0.2, 0.25) is 5.91 Å². The van der Waals surface area contributed by atoms with Crippen molar-refractivity contribution in [2.24, 2.45) is 5.73 Å². The average Bonchev–Trinajstić information content (AvgIpc) is 2.74. The number of carbonyl (C=O) groups excluding carboxylic acids is 2. The van der Waals surface area contributed by atoms with Crippen LogP contribution in [0.3, 0.4) is 0 Å². The van der Waals surface area contributed by atoms with Gasteiger partial charge in [-0.05, 0) is 48.9 Å². The molecule has 0 bridgehead atoms. The first kappa shape index (κ1) is 22.7. The number of benzene rings is 2. The maximum absolute atomic E-state index is 12.8. The van der Waals surface area contributed by atoms with Gasteiger partial charge in [0.1, 0.15) is 0 Å². The van der Waals surface area contributed by atoms with E-state index in [2.05, 4.69) is 10.3 Å². The van der Waals surface area contributed by atoms with E-state index in [9.17, 15) is 9.59 Å². The van der Waals surface area contributed by atoms with Gasteiger partial charge in [-0.3, -0.25) is 14.6 Å². The Morgan fingerprint density at radius 2 is 1.87 bits per heavy atom. The Kier molecular flexibility index (Phi) is 7.28. The van der Waals surface area contributed by atoms with Crippen LogP contribution in [0.15, 0.2) is 54.7 Å². The monoisotopic (exact) mass is 457 g/mol. The van der Waals surface area contributed by atoms with Gasteiger partial charge < -0.3 is 15.8 Å². The molecule has 1 aromatic heterocycles. The zero-order valence-electron chi connectivity index (χ0n) is 17.0. The fourth-order valence-electron chi connectivity index (χ4n) is 3.23. The number of rotatable bonds is 7. The van der Waals surface area contributed by atoms with E-state index >= 15 is 0 Å². The van der Waals surface area contributed by atoms with Gasteiger partial charge in [-0.1, -0.05) is 35.3 Å². The summed E-state index contributed by atoms with van der Waals surface area (Å²) in [7, 11) is 1.55. The molecule has 6 nitrogen and oxygen atoms in total. The summed E-state index contributed by atoms with van der Waals surface area (Å²) in [6.07, 6.45) is 1.66. The number of nitrogens with one attached hydrogen (secondary N) is 1. The predicted octanol–water partition coefficient (Wildman–Crippen LogP) is 4.59. The van der Waals surface area contributed by atoms with Gasteiger partial charge >= 0.3 is 0 Å². The molecular weight excluding hydrogens is 437 g/mol. The highest BCUT2D eigenvalue weighted by Gasteiger charge is 2.22. The van der Waals surface area contributed by atoms with Crippen LogP contribution in [-0.4, -0.2) is 36.6 Å². The molecule has 2 aromatic carbocycles. The molecule has 0 aliphatic carbocycles. The largest absolute Gasteiger partial charge is 0.383 e. The van der Waals surface area contributed by atoms with Crippen LogP contribution in [0.5, 0.6) is 0 Å². The number of amides is 2. The highest BCUT2D eigenvalue weighted by atomic mass is 35.5. The van der Waals surface area contributed by atoms with E-state index in [1.54, 1.807) is 37.6 Å². The summed E-state index contributed by atoms with van der Waals surface area (Å²) in [5.74, 6) is -1.04. The van der Waals surface area contributed by atoms with Crippen molar-refractivity contribution in [2.75, 3.05) is 13.7 Å². The number of carbonyl (C=O) groups is 2. The molecule has 0 fully saturated rings. The topological polar surface area (TPSA) is 94.3 Å². The molecule has 0 spiro atoms. The summed E-state index contributed by atoms with van der Waals surface area (Å²) in [6.45, 7) is 2.16. The molecule has 8 heteroatoms. The molecule has 0 aliphatic heterocycles. The van der Waals surface area contributed by atoms with Crippen LogP contribution < -0.4 is 11.1 Å². The third-order valence-electron chi connectivity index (χ3n) is 4.64. The molecule has 3 rings (SSSR count). The van der Waals surface area contributed by atoms with E-state index in [0.717, 1.165) is 0 Å². The van der Waals surface area contributed by atoms with Crippen LogP contribution >= 0.6 is 23.2 Å². The van der Waals surface area contributed by atoms with Gasteiger partial charge in [0.25, 0.3) is 5.91 Å².